The van der Waals surface area contributed by atoms with Gasteiger partial charge in [-0.25, -0.2) is 0 Å². The first-order valence-electron chi connectivity index (χ1n) is 7.07. The first-order chi connectivity index (χ1) is 8.27. The number of hydrogen-bond acceptors (Lipinski definition) is 1. The third-order valence-corrected chi connectivity index (χ3v) is 3.62. The number of aliphatic hydroxyl groups is 1. The third kappa shape index (κ3) is 3.58. The van der Waals surface area contributed by atoms with Crippen molar-refractivity contribution in [2.45, 2.75) is 72.3 Å². The average molecular weight is 248 g/mol. The second-order valence-electron chi connectivity index (χ2n) is 6.43. The van der Waals surface area contributed by atoms with E-state index in [2.05, 4.69) is 53.7 Å². The first kappa shape index (κ1) is 15.2. The molecule has 0 aliphatic carbocycles. The smallest absolute Gasteiger partial charge is 0.0795 e. The van der Waals surface area contributed by atoms with Crippen LogP contribution in [0.5, 0.6) is 0 Å². The van der Waals surface area contributed by atoms with Crippen LogP contribution in [-0.4, -0.2) is 5.11 Å². The number of aliphatic hydroxyl groups excluding tert-OH is 1. The van der Waals surface area contributed by atoms with Crippen LogP contribution in [0.4, 0.5) is 0 Å². The van der Waals surface area contributed by atoms with E-state index >= 15 is 0 Å². The Bertz CT molecular complexity index is 376. The van der Waals surface area contributed by atoms with Crippen molar-refractivity contribution in [3.05, 3.63) is 34.4 Å². The van der Waals surface area contributed by atoms with Crippen molar-refractivity contribution in [1.29, 1.82) is 0 Å². The minimum atomic E-state index is -0.307. The monoisotopic (exact) mass is 248 g/mol. The largest absolute Gasteiger partial charge is 0.388 e. The Balaban J connectivity index is 3.09. The van der Waals surface area contributed by atoms with Crippen LogP contribution in [0.15, 0.2) is 12.1 Å². The predicted molar refractivity (Wildman–Crippen MR) is 79.1 cm³/mol. The lowest BCUT2D eigenvalue weighted by atomic mass is 9.82. The van der Waals surface area contributed by atoms with Crippen LogP contribution in [0.25, 0.3) is 0 Å². The molecule has 102 valence electrons. The molecule has 1 aromatic rings. The van der Waals surface area contributed by atoms with E-state index in [9.17, 15) is 5.11 Å². The summed E-state index contributed by atoms with van der Waals surface area (Å²) in [5.41, 5.74) is 5.11. The summed E-state index contributed by atoms with van der Waals surface area (Å²) in [6.45, 7) is 13.1. The van der Waals surface area contributed by atoms with Crippen molar-refractivity contribution in [3.63, 3.8) is 0 Å². The average Bonchev–Trinajstić information content (AvgIpc) is 2.24. The quantitative estimate of drug-likeness (QED) is 0.809. The lowest BCUT2D eigenvalue weighted by Crippen LogP contribution is -2.13. The van der Waals surface area contributed by atoms with Crippen LogP contribution in [0.3, 0.4) is 0 Å². The highest BCUT2D eigenvalue weighted by Gasteiger charge is 2.19. The number of unbranched alkanes of at least 4 members (excludes halogenated alkanes) is 1. The van der Waals surface area contributed by atoms with E-state index in [-0.39, 0.29) is 11.5 Å². The van der Waals surface area contributed by atoms with Gasteiger partial charge in [0.2, 0.25) is 0 Å². The molecular weight excluding hydrogens is 220 g/mol. The summed E-state index contributed by atoms with van der Waals surface area (Å²) in [5, 5.41) is 10.3. The predicted octanol–water partition coefficient (Wildman–Crippen LogP) is 4.82. The third-order valence-electron chi connectivity index (χ3n) is 3.62. The molecule has 1 heteroatoms. The van der Waals surface area contributed by atoms with E-state index in [1.54, 1.807) is 0 Å². The van der Waals surface area contributed by atoms with Crippen molar-refractivity contribution in [2.75, 3.05) is 0 Å². The molecule has 0 spiro atoms. The van der Waals surface area contributed by atoms with Crippen LogP contribution in [0.1, 0.15) is 75.3 Å². The molecule has 0 saturated heterocycles. The van der Waals surface area contributed by atoms with Gasteiger partial charge in [0.05, 0.1) is 6.10 Å². The van der Waals surface area contributed by atoms with E-state index in [1.165, 1.54) is 16.7 Å². The zero-order valence-electron chi connectivity index (χ0n) is 12.8. The van der Waals surface area contributed by atoms with E-state index in [1.807, 2.05) is 0 Å². The lowest BCUT2D eigenvalue weighted by Gasteiger charge is -2.24. The highest BCUT2D eigenvalue weighted by molar-refractivity contribution is 5.41. The first-order valence-corrected chi connectivity index (χ1v) is 7.07. The Hall–Kier alpha value is -0.820. The summed E-state index contributed by atoms with van der Waals surface area (Å²) in [5.74, 6) is 0. The molecule has 0 aromatic heterocycles. The maximum absolute atomic E-state index is 10.3. The van der Waals surface area contributed by atoms with E-state index in [4.69, 9.17) is 0 Å². The molecule has 1 rings (SSSR count). The standard InChI is InChI=1S/C17H28O/c1-7-8-9-15(18)16-12(2)10-14(11-13(16)3)17(4,5)6/h10-11,15,18H,7-9H2,1-6H3. The number of benzene rings is 1. The van der Waals surface area contributed by atoms with Gasteiger partial charge in [0.25, 0.3) is 0 Å². The SMILES string of the molecule is CCCCC(O)c1c(C)cc(C(C)(C)C)cc1C. The fraction of sp³-hybridized carbons (Fsp3) is 0.647. The molecule has 0 radical (unpaired) electrons. The van der Waals surface area contributed by atoms with Crippen LogP contribution in [0, 0.1) is 13.8 Å². The molecule has 1 aromatic carbocycles. The van der Waals surface area contributed by atoms with Crippen molar-refractivity contribution < 1.29 is 5.11 Å². The van der Waals surface area contributed by atoms with Gasteiger partial charge in [-0.15, -0.1) is 0 Å². The molecular formula is C17H28O. The zero-order chi connectivity index (χ0) is 13.9. The molecule has 1 unspecified atom stereocenters. The molecule has 0 amide bonds. The molecule has 0 aliphatic heterocycles. The fourth-order valence-electron chi connectivity index (χ4n) is 2.48. The van der Waals surface area contributed by atoms with Crippen LogP contribution in [-0.2, 0) is 5.41 Å². The number of hydrogen-bond donors (Lipinski definition) is 1. The summed E-state index contributed by atoms with van der Waals surface area (Å²) in [6.07, 6.45) is 2.78. The van der Waals surface area contributed by atoms with Gasteiger partial charge in [0.15, 0.2) is 0 Å². The van der Waals surface area contributed by atoms with Gasteiger partial charge in [-0.1, -0.05) is 52.7 Å². The maximum Gasteiger partial charge on any atom is 0.0795 e. The fourth-order valence-corrected chi connectivity index (χ4v) is 2.48. The Morgan fingerprint density at radius 3 is 2.00 bits per heavy atom. The van der Waals surface area contributed by atoms with Gasteiger partial charge in [-0.05, 0) is 47.9 Å². The summed E-state index contributed by atoms with van der Waals surface area (Å²) in [7, 11) is 0. The molecule has 1 nitrogen and oxygen atoms in total. The topological polar surface area (TPSA) is 20.2 Å². The van der Waals surface area contributed by atoms with E-state index in [0.717, 1.165) is 24.8 Å². The Morgan fingerprint density at radius 1 is 1.11 bits per heavy atom. The van der Waals surface area contributed by atoms with Crippen molar-refractivity contribution >= 4 is 0 Å². The van der Waals surface area contributed by atoms with Gasteiger partial charge in [-0.3, -0.25) is 0 Å². The van der Waals surface area contributed by atoms with Crippen LogP contribution in [0.2, 0.25) is 0 Å². The molecule has 1 N–H and O–H groups in total. The summed E-state index contributed by atoms with van der Waals surface area (Å²) in [4.78, 5) is 0. The van der Waals surface area contributed by atoms with Gasteiger partial charge >= 0.3 is 0 Å². The summed E-state index contributed by atoms with van der Waals surface area (Å²) < 4.78 is 0. The van der Waals surface area contributed by atoms with Crippen molar-refractivity contribution in [1.82, 2.24) is 0 Å². The van der Waals surface area contributed by atoms with Crippen molar-refractivity contribution in [3.8, 4) is 0 Å². The highest BCUT2D eigenvalue weighted by atomic mass is 16.3. The van der Waals surface area contributed by atoms with Gasteiger partial charge in [0.1, 0.15) is 0 Å². The van der Waals surface area contributed by atoms with Crippen LogP contribution >= 0.6 is 0 Å². The normalized spacial score (nSPS) is 13.7. The summed E-state index contributed by atoms with van der Waals surface area (Å²) >= 11 is 0. The Morgan fingerprint density at radius 2 is 1.61 bits per heavy atom. The second kappa shape index (κ2) is 5.88. The van der Waals surface area contributed by atoms with Gasteiger partial charge < -0.3 is 5.11 Å². The molecule has 0 bridgehead atoms. The van der Waals surface area contributed by atoms with Crippen LogP contribution < -0.4 is 0 Å². The highest BCUT2D eigenvalue weighted by Crippen LogP contribution is 2.31. The Kier molecular flexibility index (Phi) is 4.98. The van der Waals surface area contributed by atoms with Gasteiger partial charge in [0, 0.05) is 0 Å². The van der Waals surface area contributed by atoms with E-state index < -0.39 is 0 Å². The molecule has 0 fully saturated rings. The Labute approximate surface area is 112 Å². The molecule has 0 aliphatic rings. The molecule has 0 saturated carbocycles. The minimum absolute atomic E-state index is 0.169. The number of rotatable bonds is 4. The lowest BCUT2D eigenvalue weighted by molar-refractivity contribution is 0.163. The number of aryl methyl sites for hydroxylation is 2. The van der Waals surface area contributed by atoms with Gasteiger partial charge in [-0.2, -0.15) is 0 Å². The van der Waals surface area contributed by atoms with E-state index in [0.29, 0.717) is 0 Å². The zero-order valence-corrected chi connectivity index (χ0v) is 12.8. The summed E-state index contributed by atoms with van der Waals surface area (Å²) in [6, 6.07) is 4.47. The molecule has 18 heavy (non-hydrogen) atoms. The molecule has 0 heterocycles. The molecule has 1 atom stereocenters. The minimum Gasteiger partial charge on any atom is -0.388 e. The second-order valence-corrected chi connectivity index (χ2v) is 6.43. The maximum atomic E-state index is 10.3. The van der Waals surface area contributed by atoms with Crippen molar-refractivity contribution in [2.24, 2.45) is 0 Å².